The maximum absolute atomic E-state index is 13.3. The molecule has 3 aromatic rings. The minimum atomic E-state index is -4.07. The number of rotatable bonds is 7. The molecule has 0 saturated heterocycles. The summed E-state index contributed by atoms with van der Waals surface area (Å²) in [5.74, 6) is -1.80. The predicted octanol–water partition coefficient (Wildman–Crippen LogP) is 6.49. The molecule has 190 valence electrons. The van der Waals surface area contributed by atoms with Gasteiger partial charge in [0.15, 0.2) is 14.6 Å². The van der Waals surface area contributed by atoms with Crippen LogP contribution in [-0.2, 0) is 14.6 Å². The molecule has 7 nitrogen and oxygen atoms in total. The lowest BCUT2D eigenvalue weighted by molar-refractivity contribution is -0.118. The summed E-state index contributed by atoms with van der Waals surface area (Å²) in [7, 11) is -4.07. The number of anilines is 2. The van der Waals surface area contributed by atoms with Gasteiger partial charge in [-0.15, -0.1) is 0 Å². The first-order chi connectivity index (χ1) is 16.8. The molecule has 3 rings (SSSR count). The van der Waals surface area contributed by atoms with E-state index in [-0.39, 0.29) is 43.3 Å². The molecule has 1 atom stereocenters. The molecule has 3 N–H and O–H groups in total. The number of hydrogen-bond acceptors (Lipinski definition) is 5. The van der Waals surface area contributed by atoms with E-state index >= 15 is 0 Å². The number of carbonyl (C=O) groups excluding carboxylic acids is 2. The number of amides is 2. The highest BCUT2D eigenvalue weighted by Crippen LogP contribution is 2.36. The van der Waals surface area contributed by atoms with E-state index in [1.165, 1.54) is 43.3 Å². The van der Waals surface area contributed by atoms with Crippen LogP contribution in [0.1, 0.15) is 36.2 Å². The topological polar surface area (TPSA) is 113 Å². The number of sulfone groups is 1. The van der Waals surface area contributed by atoms with E-state index in [1.54, 1.807) is 19.1 Å². The molecule has 0 saturated carbocycles. The average Bonchev–Trinajstić information content (AvgIpc) is 2.83. The van der Waals surface area contributed by atoms with Crippen LogP contribution in [0.2, 0.25) is 15.1 Å². The van der Waals surface area contributed by atoms with Gasteiger partial charge < -0.3 is 15.7 Å². The zero-order valence-corrected chi connectivity index (χ0v) is 22.6. The number of hydrogen-bond donors (Lipinski definition) is 3. The number of phenolic OH excluding ortho intramolecular Hbond substituents is 1. The molecular formula is C25H23Cl3N2O5S. The van der Waals surface area contributed by atoms with Crippen molar-refractivity contribution < 1.29 is 23.1 Å². The normalized spacial score (nSPS) is 13.1. The van der Waals surface area contributed by atoms with Gasteiger partial charge in [0.25, 0.3) is 5.91 Å². The fourth-order valence-electron chi connectivity index (χ4n) is 3.29. The van der Waals surface area contributed by atoms with E-state index in [4.69, 9.17) is 34.8 Å². The van der Waals surface area contributed by atoms with Gasteiger partial charge in [-0.1, -0.05) is 59.4 Å². The van der Waals surface area contributed by atoms with Gasteiger partial charge in [-0.25, -0.2) is 8.42 Å². The highest BCUT2D eigenvalue weighted by Gasteiger charge is 2.46. The number of benzene rings is 3. The summed E-state index contributed by atoms with van der Waals surface area (Å²) in [4.78, 5) is 25.8. The van der Waals surface area contributed by atoms with Crippen molar-refractivity contribution in [2.45, 2.75) is 36.8 Å². The Morgan fingerprint density at radius 1 is 0.889 bits per heavy atom. The Labute approximate surface area is 224 Å². The SMILES string of the molecule is CCC(C)(C(=O)Nc1cc(O)c(NC(=O)c2ccc(Cl)c(Cl)c2)cc1Cl)S(=O)(=O)c1ccc(C)cc1. The summed E-state index contributed by atoms with van der Waals surface area (Å²) in [6.07, 6.45) is -0.0174. The largest absolute Gasteiger partial charge is 0.506 e. The van der Waals surface area contributed by atoms with Gasteiger partial charge >= 0.3 is 0 Å². The van der Waals surface area contributed by atoms with E-state index in [0.29, 0.717) is 0 Å². The van der Waals surface area contributed by atoms with Gasteiger partial charge in [0.2, 0.25) is 5.91 Å². The highest BCUT2D eigenvalue weighted by atomic mass is 35.5. The molecule has 1 unspecified atom stereocenters. The molecule has 0 bridgehead atoms. The van der Waals surface area contributed by atoms with Crippen molar-refractivity contribution >= 4 is 67.8 Å². The summed E-state index contributed by atoms with van der Waals surface area (Å²) >= 11 is 18.1. The Kier molecular flexibility index (Phi) is 8.25. The lowest BCUT2D eigenvalue weighted by Gasteiger charge is -2.27. The molecule has 36 heavy (non-hydrogen) atoms. The van der Waals surface area contributed by atoms with Gasteiger partial charge in [0.05, 0.1) is 31.3 Å². The Morgan fingerprint density at radius 2 is 1.53 bits per heavy atom. The van der Waals surface area contributed by atoms with Gasteiger partial charge in [-0.05, 0) is 56.7 Å². The van der Waals surface area contributed by atoms with Crippen LogP contribution >= 0.6 is 34.8 Å². The van der Waals surface area contributed by atoms with E-state index in [9.17, 15) is 23.1 Å². The first-order valence-electron chi connectivity index (χ1n) is 10.7. The third kappa shape index (κ3) is 5.47. The minimum absolute atomic E-state index is 0.0157. The van der Waals surface area contributed by atoms with E-state index < -0.39 is 32.1 Å². The minimum Gasteiger partial charge on any atom is -0.506 e. The molecule has 0 spiro atoms. The first-order valence-corrected chi connectivity index (χ1v) is 13.3. The van der Waals surface area contributed by atoms with Crippen LogP contribution in [0, 0.1) is 6.92 Å². The Hall–Kier alpha value is -2.78. The fraction of sp³-hybridized carbons (Fsp3) is 0.200. The van der Waals surface area contributed by atoms with Crippen LogP contribution in [0.25, 0.3) is 0 Å². The van der Waals surface area contributed by atoms with Crippen LogP contribution in [0.3, 0.4) is 0 Å². The van der Waals surface area contributed by atoms with Crippen LogP contribution < -0.4 is 10.6 Å². The standard InChI is InChI=1S/C25H23Cl3N2O5S/c1-4-25(3,36(34,35)16-8-5-14(2)6-9-16)24(33)30-20-13-22(31)21(12-19(20)28)29-23(32)15-7-10-17(26)18(27)11-15/h5-13,31H,4H2,1-3H3,(H,29,32)(H,30,33). The molecule has 0 fully saturated rings. The van der Waals surface area contributed by atoms with Crippen LogP contribution in [0.15, 0.2) is 59.5 Å². The Morgan fingerprint density at radius 3 is 2.11 bits per heavy atom. The van der Waals surface area contributed by atoms with E-state index in [1.807, 2.05) is 6.92 Å². The number of phenols is 1. The van der Waals surface area contributed by atoms with Crippen LogP contribution in [0.5, 0.6) is 5.75 Å². The van der Waals surface area contributed by atoms with Crippen molar-refractivity contribution in [2.75, 3.05) is 10.6 Å². The molecule has 2 amide bonds. The molecule has 0 aliphatic rings. The van der Waals surface area contributed by atoms with Crippen LogP contribution in [0.4, 0.5) is 11.4 Å². The third-order valence-electron chi connectivity index (χ3n) is 5.84. The van der Waals surface area contributed by atoms with Crippen molar-refractivity contribution in [3.05, 3.63) is 80.8 Å². The van der Waals surface area contributed by atoms with Crippen molar-refractivity contribution in [1.29, 1.82) is 0 Å². The second kappa shape index (κ2) is 10.7. The van der Waals surface area contributed by atoms with E-state index in [0.717, 1.165) is 11.6 Å². The lowest BCUT2D eigenvalue weighted by atomic mass is 10.1. The average molecular weight is 570 g/mol. The molecule has 0 radical (unpaired) electrons. The van der Waals surface area contributed by atoms with Crippen molar-refractivity contribution in [3.63, 3.8) is 0 Å². The molecule has 0 aromatic heterocycles. The zero-order valence-electron chi connectivity index (χ0n) is 19.5. The van der Waals surface area contributed by atoms with E-state index in [2.05, 4.69) is 10.6 Å². The summed E-state index contributed by atoms with van der Waals surface area (Å²) in [6.45, 7) is 4.75. The van der Waals surface area contributed by atoms with Crippen LogP contribution in [-0.4, -0.2) is 30.1 Å². The quantitative estimate of drug-likeness (QED) is 0.281. The lowest BCUT2D eigenvalue weighted by Crippen LogP contribution is -2.46. The van der Waals surface area contributed by atoms with Crippen molar-refractivity contribution in [1.82, 2.24) is 0 Å². The second-order valence-corrected chi connectivity index (χ2v) is 11.9. The smallest absolute Gasteiger partial charge is 0.255 e. The summed E-state index contributed by atoms with van der Waals surface area (Å²) in [6, 6.07) is 12.9. The molecule has 0 heterocycles. The second-order valence-electron chi connectivity index (χ2n) is 8.29. The maximum atomic E-state index is 13.3. The number of halogens is 3. The molecule has 3 aromatic carbocycles. The molecule has 0 aliphatic heterocycles. The van der Waals surface area contributed by atoms with Gasteiger partial charge in [0.1, 0.15) is 5.75 Å². The number of aryl methyl sites for hydroxylation is 1. The zero-order chi connectivity index (χ0) is 26.8. The number of nitrogens with one attached hydrogen (secondary N) is 2. The highest BCUT2D eigenvalue weighted by molar-refractivity contribution is 7.93. The van der Waals surface area contributed by atoms with Gasteiger partial charge in [-0.3, -0.25) is 9.59 Å². The van der Waals surface area contributed by atoms with Gasteiger partial charge in [0, 0.05) is 11.6 Å². The predicted molar refractivity (Wildman–Crippen MR) is 143 cm³/mol. The Balaban J connectivity index is 1.86. The number of carbonyl (C=O) groups is 2. The number of aromatic hydroxyl groups is 1. The maximum Gasteiger partial charge on any atom is 0.255 e. The Bertz CT molecular complexity index is 1440. The first kappa shape index (κ1) is 27.8. The monoisotopic (exact) mass is 568 g/mol. The molecule has 0 aliphatic carbocycles. The van der Waals surface area contributed by atoms with Crippen molar-refractivity contribution in [2.24, 2.45) is 0 Å². The molecular weight excluding hydrogens is 547 g/mol. The fourth-order valence-corrected chi connectivity index (χ4v) is 5.49. The summed E-state index contributed by atoms with van der Waals surface area (Å²) in [5, 5.41) is 15.9. The van der Waals surface area contributed by atoms with Gasteiger partial charge in [-0.2, -0.15) is 0 Å². The van der Waals surface area contributed by atoms with Crippen molar-refractivity contribution in [3.8, 4) is 5.75 Å². The summed E-state index contributed by atoms with van der Waals surface area (Å²) in [5.41, 5.74) is 1.02. The third-order valence-corrected chi connectivity index (χ3v) is 9.45. The summed E-state index contributed by atoms with van der Waals surface area (Å²) < 4.78 is 24.8. The molecule has 11 heteroatoms.